The van der Waals surface area contributed by atoms with Gasteiger partial charge in [0.1, 0.15) is 5.01 Å². The summed E-state index contributed by atoms with van der Waals surface area (Å²) in [6, 6.07) is -0.408. The molecule has 0 aromatic carbocycles. The van der Waals surface area contributed by atoms with Crippen molar-refractivity contribution in [3.05, 3.63) is 23.6 Å². The lowest BCUT2D eigenvalue weighted by Crippen LogP contribution is -2.20. The largest absolute Gasteiger partial charge is 0.326 e. The van der Waals surface area contributed by atoms with Crippen LogP contribution in [0.4, 0.5) is 15.7 Å². The van der Waals surface area contributed by atoms with Gasteiger partial charge in [-0.1, -0.05) is 18.3 Å². The SMILES string of the molecule is CCCc1nnc(NC(=O)Nc2cnccn2)s1. The number of nitrogens with zero attached hydrogens (tertiary/aromatic N) is 4. The number of nitrogens with one attached hydrogen (secondary N) is 2. The third-order valence-electron chi connectivity index (χ3n) is 1.96. The predicted octanol–water partition coefficient (Wildman–Crippen LogP) is 1.92. The average molecular weight is 264 g/mol. The van der Waals surface area contributed by atoms with E-state index < -0.39 is 6.03 Å². The molecule has 0 fully saturated rings. The van der Waals surface area contributed by atoms with Gasteiger partial charge in [-0.05, 0) is 6.42 Å². The van der Waals surface area contributed by atoms with Gasteiger partial charge in [-0.15, -0.1) is 10.2 Å². The molecule has 18 heavy (non-hydrogen) atoms. The summed E-state index contributed by atoms with van der Waals surface area (Å²) < 4.78 is 0. The van der Waals surface area contributed by atoms with Gasteiger partial charge in [-0.3, -0.25) is 15.6 Å². The molecule has 2 heterocycles. The van der Waals surface area contributed by atoms with Gasteiger partial charge in [0.15, 0.2) is 5.82 Å². The summed E-state index contributed by atoms with van der Waals surface area (Å²) in [6.45, 7) is 2.06. The number of carbonyl (C=O) groups excluding carboxylic acids is 1. The maximum absolute atomic E-state index is 11.6. The second-order valence-electron chi connectivity index (χ2n) is 3.42. The maximum Gasteiger partial charge on any atom is 0.326 e. The standard InChI is InChI=1S/C10H12N6OS/c1-2-3-8-15-16-10(18-8)14-9(17)13-7-6-11-4-5-12-7/h4-6H,2-3H2,1H3,(H2,12,13,14,16,17). The van der Waals surface area contributed by atoms with Crippen molar-refractivity contribution in [1.29, 1.82) is 0 Å². The van der Waals surface area contributed by atoms with Crippen molar-refractivity contribution >= 4 is 28.3 Å². The first-order valence-electron chi connectivity index (χ1n) is 5.44. The van der Waals surface area contributed by atoms with Crippen molar-refractivity contribution in [2.45, 2.75) is 19.8 Å². The van der Waals surface area contributed by atoms with E-state index in [2.05, 4.69) is 37.7 Å². The highest BCUT2D eigenvalue weighted by molar-refractivity contribution is 7.15. The van der Waals surface area contributed by atoms with Crippen molar-refractivity contribution in [1.82, 2.24) is 20.2 Å². The molecule has 0 aliphatic rings. The molecular weight excluding hydrogens is 252 g/mol. The number of amides is 2. The Labute approximate surface area is 108 Å². The van der Waals surface area contributed by atoms with Crippen molar-refractivity contribution in [2.24, 2.45) is 0 Å². The second kappa shape index (κ2) is 6.01. The zero-order valence-corrected chi connectivity index (χ0v) is 10.6. The molecule has 0 saturated heterocycles. The first kappa shape index (κ1) is 12.4. The minimum Gasteiger partial charge on any atom is -0.291 e. The Bertz CT molecular complexity index is 514. The quantitative estimate of drug-likeness (QED) is 0.880. The molecule has 0 bridgehead atoms. The second-order valence-corrected chi connectivity index (χ2v) is 4.48. The molecule has 0 spiro atoms. The molecule has 0 atom stereocenters. The minimum absolute atomic E-state index is 0.383. The van der Waals surface area contributed by atoms with Crippen molar-refractivity contribution in [3.63, 3.8) is 0 Å². The van der Waals surface area contributed by atoms with E-state index in [1.54, 1.807) is 0 Å². The molecule has 0 unspecified atom stereocenters. The molecule has 2 amide bonds. The third-order valence-corrected chi connectivity index (χ3v) is 2.85. The molecular formula is C10H12N6OS. The van der Waals surface area contributed by atoms with Gasteiger partial charge < -0.3 is 0 Å². The van der Waals surface area contributed by atoms with Gasteiger partial charge in [-0.25, -0.2) is 9.78 Å². The summed E-state index contributed by atoms with van der Waals surface area (Å²) >= 11 is 1.37. The molecule has 7 nitrogen and oxygen atoms in total. The smallest absolute Gasteiger partial charge is 0.291 e. The van der Waals surface area contributed by atoms with Crippen LogP contribution in [0.15, 0.2) is 18.6 Å². The van der Waals surface area contributed by atoms with Crippen LogP contribution in [-0.4, -0.2) is 26.2 Å². The van der Waals surface area contributed by atoms with Gasteiger partial charge >= 0.3 is 6.03 Å². The van der Waals surface area contributed by atoms with Crippen LogP contribution >= 0.6 is 11.3 Å². The van der Waals surface area contributed by atoms with E-state index in [0.29, 0.717) is 10.9 Å². The summed E-state index contributed by atoms with van der Waals surface area (Å²) in [7, 11) is 0. The normalized spacial score (nSPS) is 10.1. The fraction of sp³-hybridized carbons (Fsp3) is 0.300. The lowest BCUT2D eigenvalue weighted by molar-refractivity contribution is 0.262. The van der Waals surface area contributed by atoms with Crippen LogP contribution in [-0.2, 0) is 6.42 Å². The number of carbonyl (C=O) groups is 1. The highest BCUT2D eigenvalue weighted by Gasteiger charge is 2.08. The van der Waals surface area contributed by atoms with Crippen LogP contribution in [0, 0.1) is 0 Å². The zero-order chi connectivity index (χ0) is 12.8. The highest BCUT2D eigenvalue weighted by atomic mass is 32.1. The monoisotopic (exact) mass is 264 g/mol. The van der Waals surface area contributed by atoms with Crippen LogP contribution in [0.1, 0.15) is 18.4 Å². The van der Waals surface area contributed by atoms with Crippen molar-refractivity contribution in [2.75, 3.05) is 10.6 Å². The van der Waals surface area contributed by atoms with Gasteiger partial charge in [0.05, 0.1) is 6.20 Å². The van der Waals surface area contributed by atoms with Gasteiger partial charge in [0.2, 0.25) is 5.13 Å². The number of aromatic nitrogens is 4. The summed E-state index contributed by atoms with van der Waals surface area (Å²) in [6.07, 6.45) is 6.36. The van der Waals surface area contributed by atoms with E-state index in [1.807, 2.05) is 0 Å². The van der Waals surface area contributed by atoms with Crippen molar-refractivity contribution < 1.29 is 4.79 Å². The molecule has 2 aromatic heterocycles. The third kappa shape index (κ3) is 3.45. The highest BCUT2D eigenvalue weighted by Crippen LogP contribution is 2.16. The molecule has 0 aliphatic carbocycles. The number of rotatable bonds is 4. The first-order valence-corrected chi connectivity index (χ1v) is 6.26. The van der Waals surface area contributed by atoms with E-state index in [0.717, 1.165) is 17.8 Å². The fourth-order valence-electron chi connectivity index (χ4n) is 1.23. The van der Waals surface area contributed by atoms with E-state index in [4.69, 9.17) is 0 Å². The maximum atomic E-state index is 11.6. The van der Waals surface area contributed by atoms with E-state index in [9.17, 15) is 4.79 Å². The number of hydrogen-bond donors (Lipinski definition) is 2. The van der Waals surface area contributed by atoms with E-state index in [1.165, 1.54) is 29.9 Å². The molecule has 0 radical (unpaired) electrons. The number of anilines is 2. The lowest BCUT2D eigenvalue weighted by atomic mass is 10.4. The molecule has 94 valence electrons. The Kier molecular flexibility index (Phi) is 4.13. The number of urea groups is 1. The molecule has 2 rings (SSSR count). The zero-order valence-electron chi connectivity index (χ0n) is 9.75. The topological polar surface area (TPSA) is 92.7 Å². The summed E-state index contributed by atoms with van der Waals surface area (Å²) in [5.74, 6) is 0.383. The average Bonchev–Trinajstić information content (AvgIpc) is 2.78. The Morgan fingerprint density at radius 3 is 2.94 bits per heavy atom. The number of hydrogen-bond acceptors (Lipinski definition) is 6. The lowest BCUT2D eigenvalue weighted by Gasteiger charge is -2.02. The summed E-state index contributed by atoms with van der Waals surface area (Å²) in [5.41, 5.74) is 0. The van der Waals surface area contributed by atoms with Crippen molar-refractivity contribution in [3.8, 4) is 0 Å². The number of aryl methyl sites for hydroxylation is 1. The van der Waals surface area contributed by atoms with Crippen LogP contribution in [0.3, 0.4) is 0 Å². The predicted molar refractivity (Wildman–Crippen MR) is 68.6 cm³/mol. The van der Waals surface area contributed by atoms with Crippen LogP contribution in [0.2, 0.25) is 0 Å². The molecule has 2 aromatic rings. The van der Waals surface area contributed by atoms with Crippen LogP contribution < -0.4 is 10.6 Å². The molecule has 0 saturated carbocycles. The molecule has 8 heteroatoms. The molecule has 2 N–H and O–H groups in total. The van der Waals surface area contributed by atoms with Gasteiger partial charge in [-0.2, -0.15) is 0 Å². The van der Waals surface area contributed by atoms with E-state index >= 15 is 0 Å². The Morgan fingerprint density at radius 1 is 1.33 bits per heavy atom. The van der Waals surface area contributed by atoms with E-state index in [-0.39, 0.29) is 0 Å². The summed E-state index contributed by atoms with van der Waals surface area (Å²) in [4.78, 5) is 19.4. The van der Waals surface area contributed by atoms with Gasteiger partial charge in [0, 0.05) is 18.8 Å². The van der Waals surface area contributed by atoms with Crippen LogP contribution in [0.25, 0.3) is 0 Å². The minimum atomic E-state index is -0.408. The first-order chi connectivity index (χ1) is 8.78. The Balaban J connectivity index is 1.90. The fourth-order valence-corrected chi connectivity index (χ4v) is 2.06. The van der Waals surface area contributed by atoms with Gasteiger partial charge in [0.25, 0.3) is 0 Å². The molecule has 0 aliphatic heterocycles. The Morgan fingerprint density at radius 2 is 2.22 bits per heavy atom. The van der Waals surface area contributed by atoms with Crippen LogP contribution in [0.5, 0.6) is 0 Å². The summed E-state index contributed by atoms with van der Waals surface area (Å²) in [5, 5.41) is 14.4. The Hall–Kier alpha value is -2.09.